The summed E-state index contributed by atoms with van der Waals surface area (Å²) in [5, 5.41) is 8.98. The number of nitriles is 1. The number of rotatable bonds is 1. The molecule has 0 bridgehead atoms. The van der Waals surface area contributed by atoms with Crippen molar-refractivity contribution in [3.05, 3.63) is 18.2 Å². The normalized spacial score (nSPS) is 19.5. The Labute approximate surface area is 98.6 Å². The number of hydrogen-bond donors (Lipinski definition) is 0. The molecule has 1 aromatic rings. The largest absolute Gasteiger partial charge is 0.357 e. The third-order valence-corrected chi connectivity index (χ3v) is 4.41. The van der Waals surface area contributed by atoms with Crippen molar-refractivity contribution in [3.8, 4) is 6.07 Å². The first-order chi connectivity index (χ1) is 7.26. The van der Waals surface area contributed by atoms with Gasteiger partial charge >= 0.3 is 0 Å². The summed E-state index contributed by atoms with van der Waals surface area (Å²) in [5.74, 6) is 0.859. The summed E-state index contributed by atoms with van der Waals surface area (Å²) in [6, 6.07) is 8.75. The first-order valence-electron chi connectivity index (χ1n) is 4.69. The summed E-state index contributed by atoms with van der Waals surface area (Å²) in [4.78, 5) is 4.64. The third kappa shape index (κ3) is 1.95. The average molecular weight is 236 g/mol. The molecule has 0 radical (unpaired) electrons. The smallest absolute Gasteiger partial charge is 0.126 e. The van der Waals surface area contributed by atoms with Crippen molar-refractivity contribution in [1.82, 2.24) is 0 Å². The standard InChI is InChI=1S/C11H12N2S2/c1-13-8(6-12)7-15-11-5-9(14-2)3-4-10(11)13/h3-5,8H,7H2,1-2H3. The molecule has 1 aliphatic rings. The van der Waals surface area contributed by atoms with Gasteiger partial charge in [0.2, 0.25) is 0 Å². The lowest BCUT2D eigenvalue weighted by Gasteiger charge is -2.31. The second-order valence-corrected chi connectivity index (χ2v) is 5.34. The maximum atomic E-state index is 8.98. The van der Waals surface area contributed by atoms with Crippen molar-refractivity contribution in [3.63, 3.8) is 0 Å². The van der Waals surface area contributed by atoms with Crippen LogP contribution in [0.25, 0.3) is 0 Å². The molecule has 2 nitrogen and oxygen atoms in total. The lowest BCUT2D eigenvalue weighted by Crippen LogP contribution is -2.35. The summed E-state index contributed by atoms with van der Waals surface area (Å²) in [7, 11) is 1.99. The van der Waals surface area contributed by atoms with Crippen molar-refractivity contribution >= 4 is 29.2 Å². The van der Waals surface area contributed by atoms with E-state index in [9.17, 15) is 0 Å². The molecule has 0 saturated heterocycles. The minimum atomic E-state index is 0.00243. The highest BCUT2D eigenvalue weighted by atomic mass is 32.2. The molecule has 0 aliphatic carbocycles. The van der Waals surface area contributed by atoms with Crippen molar-refractivity contribution in [2.75, 3.05) is 24.0 Å². The van der Waals surface area contributed by atoms with Crippen LogP contribution in [0.1, 0.15) is 0 Å². The highest BCUT2D eigenvalue weighted by Crippen LogP contribution is 2.38. The van der Waals surface area contributed by atoms with Crippen LogP contribution in [0.3, 0.4) is 0 Å². The number of hydrogen-bond acceptors (Lipinski definition) is 4. The second kappa shape index (κ2) is 4.38. The molecule has 1 heterocycles. The van der Waals surface area contributed by atoms with Crippen LogP contribution in [0.15, 0.2) is 28.0 Å². The van der Waals surface area contributed by atoms with E-state index in [1.807, 2.05) is 7.05 Å². The van der Waals surface area contributed by atoms with E-state index in [1.54, 1.807) is 23.5 Å². The van der Waals surface area contributed by atoms with Gasteiger partial charge in [-0.25, -0.2) is 0 Å². The fraction of sp³-hybridized carbons (Fsp3) is 0.364. The topological polar surface area (TPSA) is 27.0 Å². The van der Waals surface area contributed by atoms with Gasteiger partial charge in [-0.2, -0.15) is 5.26 Å². The Kier molecular flexibility index (Phi) is 3.13. The predicted molar refractivity (Wildman–Crippen MR) is 66.8 cm³/mol. The van der Waals surface area contributed by atoms with E-state index in [0.717, 1.165) is 5.75 Å². The highest BCUT2D eigenvalue weighted by Gasteiger charge is 2.23. The summed E-state index contributed by atoms with van der Waals surface area (Å²) in [5.41, 5.74) is 1.18. The molecule has 0 fully saturated rings. The van der Waals surface area contributed by atoms with E-state index in [4.69, 9.17) is 5.26 Å². The van der Waals surface area contributed by atoms with Crippen LogP contribution >= 0.6 is 23.5 Å². The summed E-state index contributed by atoms with van der Waals surface area (Å²) in [6.45, 7) is 0. The second-order valence-electron chi connectivity index (χ2n) is 3.40. The van der Waals surface area contributed by atoms with Gasteiger partial charge in [-0.1, -0.05) is 0 Å². The van der Waals surface area contributed by atoms with E-state index >= 15 is 0 Å². The Morgan fingerprint density at radius 3 is 3.07 bits per heavy atom. The molecule has 0 saturated carbocycles. The molecule has 1 atom stereocenters. The molecular weight excluding hydrogens is 224 g/mol. The molecule has 2 rings (SSSR count). The maximum Gasteiger partial charge on any atom is 0.126 e. The molecule has 0 N–H and O–H groups in total. The zero-order chi connectivity index (χ0) is 10.8. The van der Waals surface area contributed by atoms with Gasteiger partial charge < -0.3 is 4.90 Å². The van der Waals surface area contributed by atoms with Crippen molar-refractivity contribution in [2.24, 2.45) is 0 Å². The Morgan fingerprint density at radius 1 is 1.60 bits per heavy atom. The number of benzene rings is 1. The predicted octanol–water partition coefficient (Wildman–Crippen LogP) is 2.84. The van der Waals surface area contributed by atoms with Gasteiger partial charge in [0.25, 0.3) is 0 Å². The van der Waals surface area contributed by atoms with Gasteiger partial charge in [-0.05, 0) is 24.5 Å². The highest BCUT2D eigenvalue weighted by molar-refractivity contribution is 8.00. The van der Waals surface area contributed by atoms with E-state index in [2.05, 4.69) is 35.4 Å². The van der Waals surface area contributed by atoms with Crippen LogP contribution in [0.4, 0.5) is 5.69 Å². The fourth-order valence-electron chi connectivity index (χ4n) is 1.60. The molecule has 0 aromatic heterocycles. The van der Waals surface area contributed by atoms with Crippen LogP contribution in [-0.2, 0) is 0 Å². The molecule has 1 unspecified atom stereocenters. The Balaban J connectivity index is 2.38. The summed E-state index contributed by atoms with van der Waals surface area (Å²) < 4.78 is 0. The van der Waals surface area contributed by atoms with Gasteiger partial charge in [0.15, 0.2) is 0 Å². The quantitative estimate of drug-likeness (QED) is 0.701. The van der Waals surface area contributed by atoms with Crippen LogP contribution < -0.4 is 4.90 Å². The minimum Gasteiger partial charge on any atom is -0.357 e. The van der Waals surface area contributed by atoms with Gasteiger partial charge in [0.1, 0.15) is 6.04 Å². The first kappa shape index (κ1) is 10.7. The number of thioether (sulfide) groups is 2. The molecule has 0 spiro atoms. The van der Waals surface area contributed by atoms with Crippen molar-refractivity contribution < 1.29 is 0 Å². The lowest BCUT2D eigenvalue weighted by atomic mass is 10.2. The van der Waals surface area contributed by atoms with Crippen molar-refractivity contribution in [2.45, 2.75) is 15.8 Å². The van der Waals surface area contributed by atoms with Crippen LogP contribution in [-0.4, -0.2) is 25.1 Å². The summed E-state index contributed by atoms with van der Waals surface area (Å²) >= 11 is 3.53. The van der Waals surface area contributed by atoms with Crippen LogP contribution in [0.2, 0.25) is 0 Å². The van der Waals surface area contributed by atoms with Gasteiger partial charge in [0.05, 0.1) is 11.8 Å². The van der Waals surface area contributed by atoms with E-state index < -0.39 is 0 Å². The van der Waals surface area contributed by atoms with Gasteiger partial charge in [-0.15, -0.1) is 23.5 Å². The molecule has 15 heavy (non-hydrogen) atoms. The number of anilines is 1. The van der Waals surface area contributed by atoms with Crippen LogP contribution in [0.5, 0.6) is 0 Å². The zero-order valence-electron chi connectivity index (χ0n) is 8.73. The summed E-state index contributed by atoms with van der Waals surface area (Å²) in [6.07, 6.45) is 2.08. The van der Waals surface area contributed by atoms with Gasteiger partial charge in [-0.3, -0.25) is 0 Å². The molecule has 4 heteroatoms. The van der Waals surface area contributed by atoms with E-state index in [1.165, 1.54) is 15.5 Å². The van der Waals surface area contributed by atoms with Crippen molar-refractivity contribution in [1.29, 1.82) is 5.26 Å². The molecule has 78 valence electrons. The van der Waals surface area contributed by atoms with Gasteiger partial charge in [0, 0.05) is 22.6 Å². The Bertz CT molecular complexity index is 412. The monoisotopic (exact) mass is 236 g/mol. The third-order valence-electron chi connectivity index (χ3n) is 2.56. The molecular formula is C11H12N2S2. The maximum absolute atomic E-state index is 8.98. The Hall–Kier alpha value is -0.790. The molecule has 1 aromatic carbocycles. The van der Waals surface area contributed by atoms with Crippen LogP contribution in [0, 0.1) is 11.3 Å². The number of fused-ring (bicyclic) bond motifs is 1. The first-order valence-corrected chi connectivity index (χ1v) is 6.90. The van der Waals surface area contributed by atoms with E-state index in [0.29, 0.717) is 0 Å². The minimum absolute atomic E-state index is 0.00243. The van der Waals surface area contributed by atoms with E-state index in [-0.39, 0.29) is 6.04 Å². The average Bonchev–Trinajstić information content (AvgIpc) is 2.29. The SMILES string of the molecule is CSc1ccc2c(c1)SCC(C#N)N2C. The Morgan fingerprint density at radius 2 is 2.40 bits per heavy atom. The lowest BCUT2D eigenvalue weighted by molar-refractivity contribution is 0.821. The molecule has 0 amide bonds. The molecule has 1 aliphatic heterocycles. The zero-order valence-corrected chi connectivity index (χ0v) is 10.4. The fourth-order valence-corrected chi connectivity index (χ4v) is 3.32. The number of nitrogens with zero attached hydrogens (tertiary/aromatic N) is 2.